The van der Waals surface area contributed by atoms with Gasteiger partial charge in [-0.2, -0.15) is 0 Å². The van der Waals surface area contributed by atoms with Gasteiger partial charge in [-0.15, -0.1) is 0 Å². The molecule has 0 spiro atoms. The molecular weight excluding hydrogens is 491 g/mol. The fourth-order valence-electron chi connectivity index (χ4n) is 3.46. The normalized spacial score (nSPS) is 13.4. The van der Waals surface area contributed by atoms with Crippen molar-refractivity contribution >= 4 is 44.0 Å². The SMILES string of the molecule is COC(C=Nc1c(C)cc(C)cc1C)OC(C=Nc1c(C)cc(C)cc1C)OC.[Cl][Fe][Cl]. The third-order valence-corrected chi connectivity index (χ3v) is 4.65. The molecule has 0 aromatic heterocycles. The predicted octanol–water partition coefficient (Wildman–Crippen LogP) is 6.98. The quantitative estimate of drug-likeness (QED) is 0.213. The summed E-state index contributed by atoms with van der Waals surface area (Å²) < 4.78 is 16.7. The van der Waals surface area contributed by atoms with Crippen LogP contribution in [0.25, 0.3) is 0 Å². The minimum absolute atomic E-state index is 0.194. The molecule has 0 bridgehead atoms. The van der Waals surface area contributed by atoms with Crippen molar-refractivity contribution in [1.29, 1.82) is 0 Å². The Morgan fingerprint density at radius 2 is 0.969 bits per heavy atom. The zero-order valence-electron chi connectivity index (χ0n) is 19.8. The van der Waals surface area contributed by atoms with E-state index in [1.165, 1.54) is 11.1 Å². The van der Waals surface area contributed by atoms with E-state index in [2.05, 4.69) is 48.1 Å². The summed E-state index contributed by atoms with van der Waals surface area (Å²) in [5.74, 6) is 0. The molecule has 178 valence electrons. The Morgan fingerprint density at radius 1 is 0.688 bits per heavy atom. The molecule has 8 heteroatoms. The van der Waals surface area contributed by atoms with Gasteiger partial charge in [-0.1, -0.05) is 35.4 Å². The van der Waals surface area contributed by atoms with Crippen molar-refractivity contribution in [2.45, 2.75) is 54.1 Å². The molecule has 0 radical (unpaired) electrons. The van der Waals surface area contributed by atoms with Crippen molar-refractivity contribution < 1.29 is 27.3 Å². The van der Waals surface area contributed by atoms with Gasteiger partial charge in [0, 0.05) is 14.2 Å². The molecular formula is C24H32Cl2FeN2O3. The van der Waals surface area contributed by atoms with E-state index in [-0.39, 0.29) is 13.1 Å². The second kappa shape index (κ2) is 14.8. The van der Waals surface area contributed by atoms with Crippen LogP contribution in [0, 0.1) is 41.5 Å². The molecule has 2 aromatic carbocycles. The number of ether oxygens (including phenoxy) is 3. The van der Waals surface area contributed by atoms with Crippen LogP contribution in [0.4, 0.5) is 11.4 Å². The summed E-state index contributed by atoms with van der Waals surface area (Å²) in [5.41, 5.74) is 8.75. The number of nitrogens with zero attached hydrogens (tertiary/aromatic N) is 2. The molecule has 2 unspecified atom stereocenters. The van der Waals surface area contributed by atoms with Crippen molar-refractivity contribution in [3.63, 3.8) is 0 Å². The van der Waals surface area contributed by atoms with Crippen LogP contribution in [0.1, 0.15) is 33.4 Å². The average molecular weight is 523 g/mol. The van der Waals surface area contributed by atoms with Gasteiger partial charge in [0.25, 0.3) is 0 Å². The number of rotatable bonds is 8. The van der Waals surface area contributed by atoms with Crippen LogP contribution in [0.15, 0.2) is 34.3 Å². The van der Waals surface area contributed by atoms with E-state index in [4.69, 9.17) is 34.4 Å². The number of aliphatic imine (C=N–C) groups is 2. The first kappa shape index (κ1) is 28.8. The van der Waals surface area contributed by atoms with Crippen LogP contribution in [0.2, 0.25) is 0 Å². The molecule has 0 amide bonds. The Morgan fingerprint density at radius 3 is 1.22 bits per heavy atom. The summed E-state index contributed by atoms with van der Waals surface area (Å²) in [6.07, 6.45) is 1.97. The number of hydrogen-bond acceptors (Lipinski definition) is 5. The summed E-state index contributed by atoms with van der Waals surface area (Å²) >= 11 is 0.194. The molecule has 32 heavy (non-hydrogen) atoms. The molecule has 2 aromatic rings. The van der Waals surface area contributed by atoms with E-state index < -0.39 is 12.6 Å². The molecule has 0 aliphatic heterocycles. The van der Waals surface area contributed by atoms with Crippen LogP contribution >= 0.6 is 20.2 Å². The van der Waals surface area contributed by atoms with E-state index in [1.54, 1.807) is 26.6 Å². The predicted molar refractivity (Wildman–Crippen MR) is 132 cm³/mol. The Hall–Kier alpha value is -1.24. The molecule has 2 rings (SSSR count). The number of aryl methyl sites for hydroxylation is 6. The standard InChI is InChI=1S/C24H32N2O3.2ClH.Fe/c1-15-9-17(3)23(18(4)10-15)25-13-21(27-7)29-22(28-8)14-26-24-19(5)11-16(2)12-20(24)6;;;/h9-14,21-22H,1-8H3;2*1H;/q;;;+2/p-2. The average Bonchev–Trinajstić information content (AvgIpc) is 2.70. The van der Waals surface area contributed by atoms with Gasteiger partial charge in [0.1, 0.15) is 0 Å². The number of benzene rings is 2. The molecule has 0 aliphatic rings. The zero-order chi connectivity index (χ0) is 24.3. The van der Waals surface area contributed by atoms with Gasteiger partial charge >= 0.3 is 33.3 Å². The van der Waals surface area contributed by atoms with Gasteiger partial charge in [0.2, 0.25) is 0 Å². The fraction of sp³-hybridized carbons (Fsp3) is 0.417. The fourth-order valence-corrected chi connectivity index (χ4v) is 3.46. The van der Waals surface area contributed by atoms with Crippen molar-refractivity contribution in [2.75, 3.05) is 14.2 Å². The molecule has 0 aliphatic carbocycles. The Balaban J connectivity index is 0.00000161. The monoisotopic (exact) mass is 522 g/mol. The van der Waals surface area contributed by atoms with Gasteiger partial charge in [-0.25, -0.2) is 0 Å². The summed E-state index contributed by atoms with van der Waals surface area (Å²) in [6.45, 7) is 12.3. The Labute approximate surface area is 206 Å². The van der Waals surface area contributed by atoms with Gasteiger partial charge in [-0.05, 0) is 63.8 Å². The van der Waals surface area contributed by atoms with Crippen molar-refractivity contribution in [3.8, 4) is 0 Å². The Bertz CT molecular complexity index is 816. The van der Waals surface area contributed by atoms with Crippen molar-refractivity contribution in [3.05, 3.63) is 57.6 Å². The van der Waals surface area contributed by atoms with Crippen LogP contribution < -0.4 is 0 Å². The summed E-state index contributed by atoms with van der Waals surface area (Å²) in [6, 6.07) is 8.44. The molecule has 0 N–H and O–H groups in total. The molecule has 0 heterocycles. The van der Waals surface area contributed by atoms with Gasteiger partial charge in [0.05, 0.1) is 23.8 Å². The van der Waals surface area contributed by atoms with Crippen LogP contribution in [0.5, 0.6) is 0 Å². The first-order valence-corrected chi connectivity index (χ1v) is 13.0. The van der Waals surface area contributed by atoms with E-state index in [1.807, 2.05) is 27.7 Å². The van der Waals surface area contributed by atoms with Crippen LogP contribution in [-0.2, 0) is 27.3 Å². The number of halogens is 2. The minimum atomic E-state index is -0.660. The van der Waals surface area contributed by atoms with E-state index in [9.17, 15) is 0 Å². The van der Waals surface area contributed by atoms with Gasteiger partial charge in [-0.3, -0.25) is 9.98 Å². The maximum absolute atomic E-state index is 5.86. The van der Waals surface area contributed by atoms with Gasteiger partial charge < -0.3 is 14.2 Å². The van der Waals surface area contributed by atoms with Crippen molar-refractivity contribution in [1.82, 2.24) is 0 Å². The summed E-state index contributed by atoms with van der Waals surface area (Å²) in [7, 11) is 12.7. The molecule has 5 nitrogen and oxygen atoms in total. The second-order valence-electron chi connectivity index (χ2n) is 7.45. The molecule has 0 saturated carbocycles. The number of hydrogen-bond donors (Lipinski definition) is 0. The van der Waals surface area contributed by atoms with E-state index in [0.717, 1.165) is 33.6 Å². The molecule has 0 saturated heterocycles. The summed E-state index contributed by atoms with van der Waals surface area (Å²) in [4.78, 5) is 9.17. The van der Waals surface area contributed by atoms with Crippen molar-refractivity contribution in [2.24, 2.45) is 9.98 Å². The van der Waals surface area contributed by atoms with Gasteiger partial charge in [0.15, 0.2) is 12.6 Å². The van der Waals surface area contributed by atoms with Crippen LogP contribution in [0.3, 0.4) is 0 Å². The first-order valence-electron chi connectivity index (χ1n) is 9.97. The van der Waals surface area contributed by atoms with Crippen LogP contribution in [-0.4, -0.2) is 39.2 Å². The first-order chi connectivity index (χ1) is 15.2. The third-order valence-electron chi connectivity index (χ3n) is 4.65. The van der Waals surface area contributed by atoms with E-state index in [0.29, 0.717) is 0 Å². The molecule has 0 fully saturated rings. The maximum atomic E-state index is 5.86. The zero-order valence-corrected chi connectivity index (χ0v) is 22.5. The third kappa shape index (κ3) is 9.32. The summed E-state index contributed by atoms with van der Waals surface area (Å²) in [5, 5.41) is 0. The topological polar surface area (TPSA) is 52.4 Å². The molecule has 2 atom stereocenters. The van der Waals surface area contributed by atoms with E-state index >= 15 is 0 Å². The Kier molecular flexibility index (Phi) is 13.3. The second-order valence-corrected chi connectivity index (χ2v) is 9.27. The number of methoxy groups -OCH3 is 2.